The molecule has 0 saturated heterocycles. The summed E-state index contributed by atoms with van der Waals surface area (Å²) in [6, 6.07) is 6.10. The number of carboxylic acids is 1. The van der Waals surface area contributed by atoms with Crippen molar-refractivity contribution in [3.05, 3.63) is 35.4 Å². The van der Waals surface area contributed by atoms with Gasteiger partial charge in [-0.05, 0) is 24.3 Å². The van der Waals surface area contributed by atoms with Gasteiger partial charge in [-0.1, -0.05) is 0 Å². The fourth-order valence-corrected chi connectivity index (χ4v) is 0.919. The van der Waals surface area contributed by atoms with Crippen molar-refractivity contribution in [2.24, 2.45) is 0 Å². The van der Waals surface area contributed by atoms with Crippen LogP contribution in [0.3, 0.4) is 0 Å². The lowest BCUT2D eigenvalue weighted by atomic mass is 10.1. The van der Waals surface area contributed by atoms with E-state index >= 15 is 0 Å². The first-order chi connectivity index (χ1) is 6.63. The SMILES string of the molecule is N#Cc1ccc(O)c(C=CC(=O)O)c1. The van der Waals surface area contributed by atoms with E-state index in [0.717, 1.165) is 6.08 Å². The highest BCUT2D eigenvalue weighted by Crippen LogP contribution is 2.19. The number of phenols is 1. The molecule has 0 radical (unpaired) electrons. The van der Waals surface area contributed by atoms with E-state index in [1.54, 1.807) is 0 Å². The van der Waals surface area contributed by atoms with Crippen molar-refractivity contribution in [3.8, 4) is 11.8 Å². The summed E-state index contributed by atoms with van der Waals surface area (Å²) >= 11 is 0. The number of carbonyl (C=O) groups is 1. The van der Waals surface area contributed by atoms with Crippen molar-refractivity contribution in [1.82, 2.24) is 0 Å². The second kappa shape index (κ2) is 4.10. The molecule has 2 N–H and O–H groups in total. The number of benzene rings is 1. The molecule has 0 aromatic heterocycles. The largest absolute Gasteiger partial charge is 0.507 e. The molecule has 1 aromatic rings. The lowest BCUT2D eigenvalue weighted by Gasteiger charge is -1.97. The van der Waals surface area contributed by atoms with E-state index in [2.05, 4.69) is 0 Å². The maximum absolute atomic E-state index is 10.2. The van der Waals surface area contributed by atoms with Gasteiger partial charge < -0.3 is 10.2 Å². The fraction of sp³-hybridized carbons (Fsp3) is 0. The van der Waals surface area contributed by atoms with Crippen molar-refractivity contribution in [2.75, 3.05) is 0 Å². The summed E-state index contributed by atoms with van der Waals surface area (Å²) < 4.78 is 0. The average Bonchev–Trinajstić information content (AvgIpc) is 2.16. The molecule has 0 heterocycles. The molecule has 0 fully saturated rings. The Bertz CT molecular complexity index is 429. The molecular weight excluding hydrogens is 182 g/mol. The molecule has 0 aliphatic heterocycles. The molecule has 0 spiro atoms. The highest BCUT2D eigenvalue weighted by molar-refractivity contribution is 5.86. The Morgan fingerprint density at radius 1 is 1.50 bits per heavy atom. The minimum Gasteiger partial charge on any atom is -0.507 e. The lowest BCUT2D eigenvalue weighted by Crippen LogP contribution is -1.86. The summed E-state index contributed by atoms with van der Waals surface area (Å²) in [4.78, 5) is 10.2. The van der Waals surface area contributed by atoms with Gasteiger partial charge in [0, 0.05) is 11.6 Å². The highest BCUT2D eigenvalue weighted by Gasteiger charge is 1.99. The highest BCUT2D eigenvalue weighted by atomic mass is 16.4. The fourth-order valence-electron chi connectivity index (χ4n) is 0.919. The Balaban J connectivity index is 3.08. The molecule has 1 aromatic carbocycles. The van der Waals surface area contributed by atoms with Crippen molar-refractivity contribution in [1.29, 1.82) is 5.26 Å². The van der Waals surface area contributed by atoms with Gasteiger partial charge in [-0.2, -0.15) is 5.26 Å². The van der Waals surface area contributed by atoms with Gasteiger partial charge in [-0.15, -0.1) is 0 Å². The molecule has 70 valence electrons. The van der Waals surface area contributed by atoms with Gasteiger partial charge >= 0.3 is 5.97 Å². The van der Waals surface area contributed by atoms with E-state index in [4.69, 9.17) is 10.4 Å². The van der Waals surface area contributed by atoms with Crippen LogP contribution in [0.4, 0.5) is 0 Å². The van der Waals surface area contributed by atoms with Crippen LogP contribution in [-0.2, 0) is 4.79 Å². The minimum absolute atomic E-state index is 0.0542. The van der Waals surface area contributed by atoms with E-state index in [-0.39, 0.29) is 5.75 Å². The van der Waals surface area contributed by atoms with E-state index in [9.17, 15) is 9.90 Å². The molecule has 0 amide bonds. The van der Waals surface area contributed by atoms with Crippen LogP contribution in [0.2, 0.25) is 0 Å². The second-order valence-corrected chi connectivity index (χ2v) is 2.56. The van der Waals surface area contributed by atoms with Crippen LogP contribution in [-0.4, -0.2) is 16.2 Å². The van der Waals surface area contributed by atoms with Crippen molar-refractivity contribution < 1.29 is 15.0 Å². The van der Waals surface area contributed by atoms with Crippen LogP contribution < -0.4 is 0 Å². The number of aromatic hydroxyl groups is 1. The van der Waals surface area contributed by atoms with Crippen LogP contribution in [0.5, 0.6) is 5.75 Å². The predicted octanol–water partition coefficient (Wildman–Crippen LogP) is 1.36. The summed E-state index contributed by atoms with van der Waals surface area (Å²) in [6.45, 7) is 0. The molecule has 1 rings (SSSR count). The van der Waals surface area contributed by atoms with Crippen molar-refractivity contribution in [2.45, 2.75) is 0 Å². The molecule has 0 unspecified atom stereocenters. The topological polar surface area (TPSA) is 81.3 Å². The summed E-state index contributed by atoms with van der Waals surface area (Å²) in [5, 5.41) is 26.2. The quantitative estimate of drug-likeness (QED) is 0.688. The third kappa shape index (κ3) is 2.35. The Kier molecular flexibility index (Phi) is 2.87. The summed E-state index contributed by atoms with van der Waals surface area (Å²) in [7, 11) is 0. The van der Waals surface area contributed by atoms with Crippen molar-refractivity contribution >= 4 is 12.0 Å². The molecule has 4 nitrogen and oxygen atoms in total. The predicted molar refractivity (Wildman–Crippen MR) is 49.5 cm³/mol. The van der Waals surface area contributed by atoms with E-state index in [1.165, 1.54) is 24.3 Å². The zero-order valence-electron chi connectivity index (χ0n) is 7.14. The zero-order valence-corrected chi connectivity index (χ0v) is 7.14. The summed E-state index contributed by atoms with van der Waals surface area (Å²) in [6.07, 6.45) is 2.13. The Hall–Kier alpha value is -2.28. The van der Waals surface area contributed by atoms with Crippen LogP contribution in [0, 0.1) is 11.3 Å². The molecule has 4 heteroatoms. The minimum atomic E-state index is -1.10. The van der Waals surface area contributed by atoms with E-state index in [1.807, 2.05) is 6.07 Å². The third-order valence-corrected chi connectivity index (χ3v) is 1.56. The first kappa shape index (κ1) is 9.81. The van der Waals surface area contributed by atoms with Crippen LogP contribution in [0.1, 0.15) is 11.1 Å². The van der Waals surface area contributed by atoms with Crippen LogP contribution in [0.25, 0.3) is 6.08 Å². The summed E-state index contributed by atoms with van der Waals surface area (Å²) in [5.41, 5.74) is 0.680. The molecule has 14 heavy (non-hydrogen) atoms. The Labute approximate surface area is 80.3 Å². The number of hydrogen-bond donors (Lipinski definition) is 2. The van der Waals surface area contributed by atoms with Crippen LogP contribution in [0.15, 0.2) is 24.3 Å². The van der Waals surface area contributed by atoms with E-state index in [0.29, 0.717) is 11.1 Å². The molecule has 0 bridgehead atoms. The third-order valence-electron chi connectivity index (χ3n) is 1.56. The summed E-state index contributed by atoms with van der Waals surface area (Å²) in [5.74, 6) is -1.16. The van der Waals surface area contributed by atoms with Gasteiger partial charge in [0.2, 0.25) is 0 Å². The number of aliphatic carboxylic acids is 1. The standard InChI is InChI=1S/C10H7NO3/c11-6-7-1-3-9(12)8(5-7)2-4-10(13)14/h1-5,12H,(H,13,14). The van der Waals surface area contributed by atoms with Gasteiger partial charge in [-0.25, -0.2) is 4.79 Å². The molecule has 0 aliphatic carbocycles. The first-order valence-corrected chi connectivity index (χ1v) is 3.77. The smallest absolute Gasteiger partial charge is 0.328 e. The van der Waals surface area contributed by atoms with Crippen molar-refractivity contribution in [3.63, 3.8) is 0 Å². The molecule has 0 saturated carbocycles. The lowest BCUT2D eigenvalue weighted by molar-refractivity contribution is -0.131. The monoisotopic (exact) mass is 189 g/mol. The van der Waals surface area contributed by atoms with Gasteiger partial charge in [-0.3, -0.25) is 0 Å². The van der Waals surface area contributed by atoms with Gasteiger partial charge in [0.15, 0.2) is 0 Å². The van der Waals surface area contributed by atoms with Gasteiger partial charge in [0.05, 0.1) is 11.6 Å². The number of carboxylic acid groups (broad SMARTS) is 1. The number of rotatable bonds is 2. The maximum Gasteiger partial charge on any atom is 0.328 e. The maximum atomic E-state index is 10.2. The number of nitriles is 1. The molecular formula is C10H7NO3. The van der Waals surface area contributed by atoms with E-state index < -0.39 is 5.97 Å². The zero-order chi connectivity index (χ0) is 10.6. The van der Waals surface area contributed by atoms with Gasteiger partial charge in [0.1, 0.15) is 5.75 Å². The second-order valence-electron chi connectivity index (χ2n) is 2.56. The van der Waals surface area contributed by atoms with Crippen LogP contribution >= 0.6 is 0 Å². The van der Waals surface area contributed by atoms with Gasteiger partial charge in [0.25, 0.3) is 0 Å². The average molecular weight is 189 g/mol. The molecule has 0 aliphatic rings. The Morgan fingerprint density at radius 3 is 2.79 bits per heavy atom. The Morgan fingerprint density at radius 2 is 2.21 bits per heavy atom. The number of hydrogen-bond acceptors (Lipinski definition) is 3. The number of nitrogens with zero attached hydrogens (tertiary/aromatic N) is 1. The molecule has 0 atom stereocenters. The number of phenolic OH excluding ortho intramolecular Hbond substituents is 1. The normalized spacial score (nSPS) is 9.93. The first-order valence-electron chi connectivity index (χ1n) is 3.77.